The summed E-state index contributed by atoms with van der Waals surface area (Å²) in [6.45, 7) is 39.3. The quantitative estimate of drug-likeness (QED) is 0.00845. The maximum atomic E-state index is 12.6. The molecule has 0 aliphatic carbocycles. The molecule has 862 valence electrons. The molecule has 0 aliphatic heterocycles. The highest BCUT2D eigenvalue weighted by Gasteiger charge is 2.33. The van der Waals surface area contributed by atoms with Crippen molar-refractivity contribution in [3.05, 3.63) is 126 Å². The number of aliphatic hydroxyl groups excluding tert-OH is 2. The molecule has 148 heavy (non-hydrogen) atoms. The Kier molecular flexibility index (Phi) is 91.8. The maximum absolute atomic E-state index is 12.6. The van der Waals surface area contributed by atoms with Gasteiger partial charge in [0.1, 0.15) is 42.6 Å². The predicted octanol–water partition coefficient (Wildman–Crippen LogP) is 12.3. The number of carbonyl (C=O) groups is 9. The van der Waals surface area contributed by atoms with Gasteiger partial charge in [0.2, 0.25) is 14.9 Å². The highest BCUT2D eigenvalue weighted by molar-refractivity contribution is 7.84. The molecule has 19 N–H and O–H groups in total. The average Bonchev–Trinajstić information content (AvgIpc) is 1.16. The number of esters is 9. The van der Waals surface area contributed by atoms with E-state index in [2.05, 4.69) is 50.1 Å². The van der Waals surface area contributed by atoms with E-state index in [-0.39, 0.29) is 88.4 Å². The summed E-state index contributed by atoms with van der Waals surface area (Å²) in [5.41, 5.74) is 13.2. The van der Waals surface area contributed by atoms with Crippen LogP contribution < -0.4 is 47.1 Å². The van der Waals surface area contributed by atoms with Crippen molar-refractivity contribution in [2.75, 3.05) is 152 Å². The molecule has 0 saturated heterocycles. The molecule has 49 nitrogen and oxygen atoms in total. The highest BCUT2D eigenvalue weighted by atomic mass is 35.7. The lowest BCUT2D eigenvalue weighted by atomic mass is 10.2. The predicted molar refractivity (Wildman–Crippen MR) is 571 cm³/mol. The van der Waals surface area contributed by atoms with E-state index in [1.54, 1.807) is 76.2 Å². The number of benzene rings is 3. The third-order valence-corrected chi connectivity index (χ3v) is 25.5. The van der Waals surface area contributed by atoms with Crippen LogP contribution >= 0.6 is 78.1 Å². The lowest BCUT2D eigenvalue weighted by Gasteiger charge is -2.25. The first kappa shape index (κ1) is 155. The van der Waals surface area contributed by atoms with Crippen LogP contribution in [0.2, 0.25) is 0 Å². The summed E-state index contributed by atoms with van der Waals surface area (Å²) in [6.07, 6.45) is 11.0. The average molecular weight is 2320 g/mol. The Labute approximate surface area is 878 Å². The number of nitrogens with one attached hydrogen (secondary N) is 7. The van der Waals surface area contributed by atoms with Crippen molar-refractivity contribution >= 4 is 132 Å². The van der Waals surface area contributed by atoms with Gasteiger partial charge in [0.25, 0.3) is 36.8 Å². The van der Waals surface area contributed by atoms with Gasteiger partial charge in [-0.05, 0) is 116 Å². The summed E-state index contributed by atoms with van der Waals surface area (Å²) < 4.78 is 160. The molecule has 4 rings (SSSR count). The number of halogens is 1. The zero-order valence-corrected chi connectivity index (χ0v) is 98.8. The number of hydrogen-bond acceptors (Lipinski definition) is 35. The third-order valence-electron chi connectivity index (χ3n) is 16.6. The minimum Gasteiger partial charge on any atom is -0.466 e. The maximum Gasteiger partial charge on any atom is 0.325 e. The molecule has 0 bridgehead atoms. The number of aromatic nitrogens is 2. The van der Waals surface area contributed by atoms with Crippen LogP contribution in [0.3, 0.4) is 0 Å². The van der Waals surface area contributed by atoms with Gasteiger partial charge in [0.15, 0.2) is 0 Å². The van der Waals surface area contributed by atoms with Crippen molar-refractivity contribution in [1.82, 2.24) is 44.9 Å². The molecule has 0 amide bonds. The number of hydrogen-bond donors (Lipinski definition) is 17. The van der Waals surface area contributed by atoms with Crippen molar-refractivity contribution in [2.45, 2.75) is 218 Å². The lowest BCUT2D eigenvalue weighted by Crippen LogP contribution is -2.46. The topological polar surface area (TPSA) is 734 Å². The molecule has 16 atom stereocenters. The molecule has 3 aromatic carbocycles. The molecule has 0 spiro atoms. The van der Waals surface area contributed by atoms with Crippen molar-refractivity contribution in [3.8, 4) is 0 Å². The van der Waals surface area contributed by atoms with E-state index >= 15 is 0 Å². The van der Waals surface area contributed by atoms with Crippen molar-refractivity contribution in [3.63, 3.8) is 0 Å². The summed E-state index contributed by atoms with van der Waals surface area (Å²) in [4.78, 5) is 156. The van der Waals surface area contributed by atoms with Gasteiger partial charge in [0, 0.05) is 92.0 Å². The van der Waals surface area contributed by atoms with Gasteiger partial charge >= 0.3 is 68.9 Å². The van der Waals surface area contributed by atoms with Crippen LogP contribution in [0, 0.1) is 17.8 Å². The first-order chi connectivity index (χ1) is 68.3. The largest absolute Gasteiger partial charge is 0.466 e. The Bertz CT molecular complexity index is 4570. The number of nitrogens with zero attached hydrogens (tertiary/aromatic N) is 2. The number of unbranched alkanes of at least 4 members (excludes halogenated alkanes) is 4. The molecule has 0 aliphatic rings. The van der Waals surface area contributed by atoms with Crippen molar-refractivity contribution < 1.29 is 180 Å². The number of aliphatic hydroxyl groups is 2. The zero-order valence-electron chi connectivity index (χ0n) is 90.0. The van der Waals surface area contributed by atoms with E-state index < -0.39 is 152 Å². The van der Waals surface area contributed by atoms with Gasteiger partial charge in [0.05, 0.1) is 110 Å². The Morgan fingerprint density at radius 2 is 0.662 bits per heavy atom. The van der Waals surface area contributed by atoms with E-state index in [1.165, 1.54) is 76.6 Å². The van der Waals surface area contributed by atoms with Gasteiger partial charge < -0.3 is 107 Å². The van der Waals surface area contributed by atoms with Crippen molar-refractivity contribution in [1.29, 1.82) is 0 Å². The molecule has 1 aromatic heterocycles. The zero-order chi connectivity index (χ0) is 116. The molecular weight excluding hydrogens is 2150 g/mol. The van der Waals surface area contributed by atoms with Crippen LogP contribution in [0.1, 0.15) is 179 Å². The fourth-order valence-electron chi connectivity index (χ4n) is 8.96. The van der Waals surface area contributed by atoms with E-state index in [1.807, 2.05) is 119 Å². The Hall–Kier alpha value is -6.34. The smallest absolute Gasteiger partial charge is 0.325 e. The normalized spacial score (nSPS) is 15.7. The second-order valence-electron chi connectivity index (χ2n) is 32.5. The summed E-state index contributed by atoms with van der Waals surface area (Å²) in [7, 11) is -26.0. The second kappa shape index (κ2) is 87.9. The van der Waals surface area contributed by atoms with Crippen LogP contribution in [0.15, 0.2) is 110 Å². The minimum atomic E-state index is -3.64. The molecule has 0 radical (unpaired) electrons. The first-order valence-electron chi connectivity index (χ1n) is 47.2. The molecule has 59 heteroatoms. The number of rotatable bonds is 55. The Morgan fingerprint density at radius 3 is 0.939 bits per heavy atom. The van der Waals surface area contributed by atoms with Gasteiger partial charge in [-0.25, -0.2) is 35.5 Å². The fraction of sp³-hybridized carbons (Fsp3) is 0.663. The van der Waals surface area contributed by atoms with Crippen LogP contribution in [-0.2, 0) is 160 Å². The van der Waals surface area contributed by atoms with Crippen LogP contribution in [0.5, 0.6) is 0 Å². The fourth-order valence-corrected chi connectivity index (χ4v) is 16.2. The van der Waals surface area contributed by atoms with E-state index in [4.69, 9.17) is 98.8 Å². The summed E-state index contributed by atoms with van der Waals surface area (Å²) >= 11 is 5.42. The molecule has 4 aromatic rings. The highest BCUT2D eigenvalue weighted by Crippen LogP contribution is 2.49. The lowest BCUT2D eigenvalue weighted by molar-refractivity contribution is -0.148. The number of ether oxygens (including phenoxy) is 9. The summed E-state index contributed by atoms with van der Waals surface area (Å²) in [5.74, 6) is -5.25. The monoisotopic (exact) mass is 2320 g/mol. The van der Waals surface area contributed by atoms with Crippen molar-refractivity contribution in [2.24, 2.45) is 29.2 Å². The number of nitrogens with two attached hydrogens (primary N) is 2. The number of carbonyl (C=O) groups excluding carboxylic acids is 9. The van der Waals surface area contributed by atoms with E-state index in [0.717, 1.165) is 68.5 Å². The molecular formula is C89H171ClN11O38P9. The first-order valence-corrected chi connectivity index (χ1v) is 66.9. The summed E-state index contributed by atoms with van der Waals surface area (Å²) in [6, 6.07) is 23.5. The summed E-state index contributed by atoms with van der Waals surface area (Å²) in [5, 5.41) is 36.5. The molecule has 16 unspecified atom stereocenters. The molecule has 1 heterocycles. The second-order valence-corrected chi connectivity index (χ2v) is 52.9. The van der Waals surface area contributed by atoms with E-state index in [0.29, 0.717) is 59.1 Å². The standard InChI is InChI=1S/C15H31N2O7P.C14H29N2O5P.C14H22NO4P.C8H10ClO2P.C8H11O3P.C7H16NO4P.C7H15NO2.C6H14NO4P.C5H11NO2.C4H7N2O2P.CH5O3P/c1-4-6-8-23-14(20)12(10-18)16-25(3,22)17-13(11-19)15(21)24-9-7-5-2;1-6-8-9-21-14(18)12(4)16-22(5,19)15-10-11(3)13(17)20-7-2;1-4-18-14(16)12(2)10-15-20(3,17)19-11-13-8-6-5-7-9-13;2*1-12(9,10)11-7-8-5-3-2-4-6-8;1-4-12-7(9)6(2)5-8-13(3,10)11;1-3-4-5-10-7(9)6(2)8;1-4-11-6(8)5(2)7-12(3,9)10;1-3-8-5(7)4(2)6;1-9(7,8)6-3-2-5-4-6;1-5(2,3)4/h12-13,18-19H,4-11H2,1-3H3,(H2,16,17,22);11-12H,6-10H2,1-5H3,(H2,15,16,19);5-9,12H,4,10-11H2,1-3H3,(H,15,17);2-6H,7H2,1H3;2-6H,7H2,1H3,(H,9,10);6H,4-5H2,1-3H3,(H2,8,10,11);6H,3-5,8H2,1-2H3;5H,4H2,1-3H3,(H2,7,9,10);4H,3,6H2,1-2H3;2-4H,1H3,(H,7,8);1H3,(H2,2,3,4). The number of imidazole rings is 1. The SMILES string of the molecule is CCCCOC(=O)C(C)N.CCCCOC(=O)C(C)NP(C)(=O)NCC(C)C(=O)OCC.CCCCOC(=O)C(CO)NP(C)(=O)NC(CO)C(=O)OCCCC.CCOC(=O)C(C)CNP(C)(=O)O.CCOC(=O)C(C)CNP(C)(=O)OCc1ccccc1.CCOC(=O)C(C)N.CCOC(=O)C(C)NP(C)(=O)O.CP(=O)(Cl)OCc1ccccc1.CP(=O)(O)O.CP(=O)(O)OCc1ccccc1.CP(=O)(O)n1ccnc1. The van der Waals surface area contributed by atoms with Gasteiger partial charge in [-0.3, -0.25) is 93.7 Å². The van der Waals surface area contributed by atoms with Crippen LogP contribution in [-0.4, -0.2) is 291 Å². The van der Waals surface area contributed by atoms with Gasteiger partial charge in [-0.1, -0.05) is 165 Å². The third kappa shape index (κ3) is 103. The molecule has 0 fully saturated rings. The van der Waals surface area contributed by atoms with E-state index in [9.17, 15) is 94.4 Å². The van der Waals surface area contributed by atoms with Crippen LogP contribution in [0.25, 0.3) is 0 Å². The Morgan fingerprint density at radius 1 is 0.372 bits per heavy atom. The molecule has 0 saturated carbocycles. The minimum absolute atomic E-state index is 0.156. The van der Waals surface area contributed by atoms with Gasteiger partial charge in [-0.2, -0.15) is 0 Å². The van der Waals surface area contributed by atoms with Crippen LogP contribution in [0.4, 0.5) is 0 Å². The van der Waals surface area contributed by atoms with Gasteiger partial charge in [-0.15, -0.1) is 0 Å². The Balaban J connectivity index is -0.000000302.